The number of benzene rings is 2. The van der Waals surface area contributed by atoms with Crippen molar-refractivity contribution in [2.45, 2.75) is 12.7 Å². The fourth-order valence-electron chi connectivity index (χ4n) is 1.82. The van der Waals surface area contributed by atoms with Crippen molar-refractivity contribution in [1.29, 1.82) is 0 Å². The van der Waals surface area contributed by atoms with Gasteiger partial charge in [0.25, 0.3) is 0 Å². The number of rotatable bonds is 2. The van der Waals surface area contributed by atoms with E-state index in [-0.39, 0.29) is 12.1 Å². The number of alkyl halides is 3. The summed E-state index contributed by atoms with van der Waals surface area (Å²) in [5.74, 6) is 0. The van der Waals surface area contributed by atoms with E-state index in [0.29, 0.717) is 11.1 Å². The number of hydrogen-bond acceptors (Lipinski definition) is 1. The molecule has 94 valence electrons. The van der Waals surface area contributed by atoms with Crippen molar-refractivity contribution in [3.63, 3.8) is 0 Å². The van der Waals surface area contributed by atoms with Crippen LogP contribution in [0.25, 0.3) is 11.1 Å². The van der Waals surface area contributed by atoms with Crippen LogP contribution in [0.15, 0.2) is 48.5 Å². The molecule has 2 rings (SSSR count). The molecule has 0 unspecified atom stereocenters. The molecule has 2 aromatic carbocycles. The molecular formula is C14H12F3N. The van der Waals surface area contributed by atoms with E-state index in [1.165, 1.54) is 6.07 Å². The average molecular weight is 251 g/mol. The maximum Gasteiger partial charge on any atom is 0.417 e. The van der Waals surface area contributed by atoms with E-state index >= 15 is 0 Å². The molecule has 0 bridgehead atoms. The van der Waals surface area contributed by atoms with Crippen LogP contribution in [0.1, 0.15) is 11.1 Å². The van der Waals surface area contributed by atoms with E-state index in [1.54, 1.807) is 36.4 Å². The molecular weight excluding hydrogens is 239 g/mol. The second kappa shape index (κ2) is 4.82. The van der Waals surface area contributed by atoms with E-state index in [1.807, 2.05) is 0 Å². The smallest absolute Gasteiger partial charge is 0.326 e. The maximum atomic E-state index is 13.0. The quantitative estimate of drug-likeness (QED) is 0.862. The third-order valence-corrected chi connectivity index (χ3v) is 2.71. The van der Waals surface area contributed by atoms with E-state index in [4.69, 9.17) is 5.73 Å². The Morgan fingerprint density at radius 1 is 0.944 bits per heavy atom. The third kappa shape index (κ3) is 2.54. The molecule has 0 aliphatic heterocycles. The van der Waals surface area contributed by atoms with Crippen molar-refractivity contribution in [3.05, 3.63) is 59.7 Å². The van der Waals surface area contributed by atoms with Crippen LogP contribution < -0.4 is 5.73 Å². The number of nitrogens with two attached hydrogens (primary N) is 1. The number of halogens is 3. The molecule has 0 atom stereocenters. The first-order chi connectivity index (χ1) is 8.52. The molecule has 0 fully saturated rings. The first-order valence-electron chi connectivity index (χ1n) is 5.48. The highest BCUT2D eigenvalue weighted by Crippen LogP contribution is 2.37. The van der Waals surface area contributed by atoms with Gasteiger partial charge in [0.15, 0.2) is 0 Å². The summed E-state index contributed by atoms with van der Waals surface area (Å²) in [6.45, 7) is 0.0954. The molecule has 4 heteroatoms. The Hall–Kier alpha value is -1.81. The van der Waals surface area contributed by atoms with Gasteiger partial charge in [0.1, 0.15) is 0 Å². The van der Waals surface area contributed by atoms with Crippen LogP contribution in [0.3, 0.4) is 0 Å². The second-order valence-corrected chi connectivity index (χ2v) is 3.95. The summed E-state index contributed by atoms with van der Waals surface area (Å²) in [6.07, 6.45) is -4.38. The molecule has 0 aliphatic rings. The lowest BCUT2D eigenvalue weighted by atomic mass is 9.97. The Balaban J connectivity index is 2.61. The van der Waals surface area contributed by atoms with E-state index in [9.17, 15) is 13.2 Å². The summed E-state index contributed by atoms with van der Waals surface area (Å²) in [5.41, 5.74) is 5.95. The predicted octanol–water partition coefficient (Wildman–Crippen LogP) is 3.83. The summed E-state index contributed by atoms with van der Waals surface area (Å²) >= 11 is 0. The molecule has 0 radical (unpaired) electrons. The molecule has 18 heavy (non-hydrogen) atoms. The van der Waals surface area contributed by atoms with Gasteiger partial charge in [0.05, 0.1) is 5.56 Å². The Kier molecular flexibility index (Phi) is 3.39. The van der Waals surface area contributed by atoms with Gasteiger partial charge in [-0.05, 0) is 22.8 Å². The molecule has 0 saturated carbocycles. The fraction of sp³-hybridized carbons (Fsp3) is 0.143. The lowest BCUT2D eigenvalue weighted by Gasteiger charge is -2.14. The Bertz CT molecular complexity index is 532. The summed E-state index contributed by atoms with van der Waals surface area (Å²) in [7, 11) is 0. The number of hydrogen-bond donors (Lipinski definition) is 1. The van der Waals surface area contributed by atoms with Crippen LogP contribution in [0, 0.1) is 0 Å². The second-order valence-electron chi connectivity index (χ2n) is 3.95. The van der Waals surface area contributed by atoms with Crippen LogP contribution >= 0.6 is 0 Å². The molecule has 0 aromatic heterocycles. The van der Waals surface area contributed by atoms with Crippen LogP contribution in [-0.4, -0.2) is 0 Å². The van der Waals surface area contributed by atoms with E-state index < -0.39 is 11.7 Å². The lowest BCUT2D eigenvalue weighted by molar-refractivity contribution is -0.137. The van der Waals surface area contributed by atoms with E-state index in [2.05, 4.69) is 0 Å². The zero-order valence-electron chi connectivity index (χ0n) is 9.54. The Morgan fingerprint density at radius 3 is 2.17 bits per heavy atom. The first kappa shape index (κ1) is 12.6. The largest absolute Gasteiger partial charge is 0.417 e. The fourth-order valence-corrected chi connectivity index (χ4v) is 1.82. The highest BCUT2D eigenvalue weighted by atomic mass is 19.4. The lowest BCUT2D eigenvalue weighted by Crippen LogP contribution is -2.09. The highest BCUT2D eigenvalue weighted by Gasteiger charge is 2.33. The van der Waals surface area contributed by atoms with Gasteiger partial charge in [0, 0.05) is 6.54 Å². The highest BCUT2D eigenvalue weighted by molar-refractivity contribution is 5.68. The molecule has 0 aliphatic carbocycles. The normalized spacial score (nSPS) is 11.6. The minimum absolute atomic E-state index is 0.0954. The summed E-state index contributed by atoms with van der Waals surface area (Å²) in [5, 5.41) is 0. The van der Waals surface area contributed by atoms with Crippen LogP contribution in [0.4, 0.5) is 13.2 Å². The standard InChI is InChI=1S/C14H12F3N/c15-14(16,17)13-8-10(9-18)6-7-12(13)11-4-2-1-3-5-11/h1-8H,9,18H2. The molecule has 0 spiro atoms. The zero-order chi connectivity index (χ0) is 13.2. The van der Waals surface area contributed by atoms with Crippen molar-refractivity contribution in [2.24, 2.45) is 5.73 Å². The van der Waals surface area contributed by atoms with Gasteiger partial charge < -0.3 is 5.73 Å². The van der Waals surface area contributed by atoms with Crippen molar-refractivity contribution < 1.29 is 13.2 Å². The van der Waals surface area contributed by atoms with E-state index in [0.717, 1.165) is 6.07 Å². The molecule has 2 aromatic rings. The van der Waals surface area contributed by atoms with Gasteiger partial charge >= 0.3 is 6.18 Å². The minimum Gasteiger partial charge on any atom is -0.326 e. The van der Waals surface area contributed by atoms with Gasteiger partial charge in [-0.1, -0.05) is 42.5 Å². The third-order valence-electron chi connectivity index (χ3n) is 2.71. The summed E-state index contributed by atoms with van der Waals surface area (Å²) < 4.78 is 39.0. The van der Waals surface area contributed by atoms with Gasteiger partial charge in [-0.2, -0.15) is 13.2 Å². The SMILES string of the molecule is NCc1ccc(-c2ccccc2)c(C(F)(F)F)c1. The van der Waals surface area contributed by atoms with Crippen molar-refractivity contribution in [1.82, 2.24) is 0 Å². The predicted molar refractivity (Wildman–Crippen MR) is 64.8 cm³/mol. The van der Waals surface area contributed by atoms with Gasteiger partial charge in [-0.3, -0.25) is 0 Å². The van der Waals surface area contributed by atoms with Gasteiger partial charge in [-0.15, -0.1) is 0 Å². The molecule has 0 heterocycles. The topological polar surface area (TPSA) is 26.0 Å². The summed E-state index contributed by atoms with van der Waals surface area (Å²) in [6, 6.07) is 12.7. The molecule has 0 amide bonds. The van der Waals surface area contributed by atoms with Crippen LogP contribution in [-0.2, 0) is 12.7 Å². The monoisotopic (exact) mass is 251 g/mol. The van der Waals surface area contributed by atoms with Crippen molar-refractivity contribution >= 4 is 0 Å². The minimum atomic E-state index is -4.38. The Morgan fingerprint density at radius 2 is 1.61 bits per heavy atom. The Labute approximate surface area is 103 Å². The first-order valence-corrected chi connectivity index (χ1v) is 5.48. The molecule has 0 saturated heterocycles. The zero-order valence-corrected chi connectivity index (χ0v) is 9.54. The van der Waals surface area contributed by atoms with Crippen LogP contribution in [0.5, 0.6) is 0 Å². The van der Waals surface area contributed by atoms with Crippen LogP contribution in [0.2, 0.25) is 0 Å². The maximum absolute atomic E-state index is 13.0. The van der Waals surface area contributed by atoms with Crippen molar-refractivity contribution in [2.75, 3.05) is 0 Å². The summed E-state index contributed by atoms with van der Waals surface area (Å²) in [4.78, 5) is 0. The molecule has 1 nitrogen and oxygen atoms in total. The van der Waals surface area contributed by atoms with Crippen molar-refractivity contribution in [3.8, 4) is 11.1 Å². The molecule has 2 N–H and O–H groups in total. The van der Waals surface area contributed by atoms with Gasteiger partial charge in [-0.25, -0.2) is 0 Å². The van der Waals surface area contributed by atoms with Gasteiger partial charge in [0.2, 0.25) is 0 Å². The average Bonchev–Trinajstić information content (AvgIpc) is 2.38.